The summed E-state index contributed by atoms with van der Waals surface area (Å²) in [5.41, 5.74) is 7.96. The third-order valence-electron chi connectivity index (χ3n) is 2.83. The van der Waals surface area contributed by atoms with Gasteiger partial charge in [0.25, 0.3) is 5.91 Å². The summed E-state index contributed by atoms with van der Waals surface area (Å²) in [5, 5.41) is 3.47. The fourth-order valence-corrected chi connectivity index (χ4v) is 2.02. The lowest BCUT2D eigenvalue weighted by molar-refractivity contribution is 0.102. The van der Waals surface area contributed by atoms with Crippen LogP contribution in [0.2, 0.25) is 5.02 Å². The summed E-state index contributed by atoms with van der Waals surface area (Å²) < 4.78 is 0. The zero-order chi connectivity index (χ0) is 15.2. The maximum absolute atomic E-state index is 12.4. The van der Waals surface area contributed by atoms with Crippen molar-refractivity contribution >= 4 is 23.2 Å². The van der Waals surface area contributed by atoms with Crippen LogP contribution in [0.25, 0.3) is 0 Å². The van der Waals surface area contributed by atoms with Crippen molar-refractivity contribution in [1.82, 2.24) is 4.98 Å². The van der Waals surface area contributed by atoms with Crippen molar-refractivity contribution in [2.24, 2.45) is 5.73 Å². The fourth-order valence-electron chi connectivity index (χ4n) is 1.80. The summed E-state index contributed by atoms with van der Waals surface area (Å²) in [6.45, 7) is 2.11. The monoisotopic (exact) mass is 299 g/mol. The maximum atomic E-state index is 12.4. The second-order valence-corrected chi connectivity index (χ2v) is 4.78. The molecule has 0 bridgehead atoms. The Hall–Kier alpha value is -2.35. The number of halogens is 1. The highest BCUT2D eigenvalue weighted by atomic mass is 35.5. The van der Waals surface area contributed by atoms with Gasteiger partial charge in [-0.15, -0.1) is 0 Å². The number of carbonyl (C=O) groups is 1. The fraction of sp³-hybridized carbons (Fsp3) is 0.125. The molecule has 1 heterocycles. The highest BCUT2D eigenvalue weighted by Gasteiger charge is 2.11. The molecule has 3 N–H and O–H groups in total. The molecule has 0 spiro atoms. The van der Waals surface area contributed by atoms with Crippen molar-refractivity contribution in [2.75, 3.05) is 11.9 Å². The number of anilines is 1. The van der Waals surface area contributed by atoms with E-state index < -0.39 is 0 Å². The van der Waals surface area contributed by atoms with E-state index in [0.29, 0.717) is 21.8 Å². The van der Waals surface area contributed by atoms with Gasteiger partial charge in [-0.1, -0.05) is 23.4 Å². The molecule has 4 nitrogen and oxygen atoms in total. The maximum Gasteiger partial charge on any atom is 0.257 e. The van der Waals surface area contributed by atoms with Gasteiger partial charge in [0.1, 0.15) is 0 Å². The van der Waals surface area contributed by atoms with E-state index in [4.69, 9.17) is 17.3 Å². The molecule has 5 heteroatoms. The van der Waals surface area contributed by atoms with Gasteiger partial charge in [0.2, 0.25) is 0 Å². The Labute approximate surface area is 128 Å². The standard InChI is InChI=1S/C16H14ClN3O/c1-11-9-13(17)4-5-15(11)20-16(21)14-6-8-19-10-12(14)3-2-7-18/h4-6,8-10H,7,18H2,1H3,(H,20,21). The van der Waals surface area contributed by atoms with E-state index in [0.717, 1.165) is 5.56 Å². The van der Waals surface area contributed by atoms with E-state index in [-0.39, 0.29) is 12.5 Å². The second kappa shape index (κ2) is 6.89. The molecule has 2 rings (SSSR count). The van der Waals surface area contributed by atoms with Crippen molar-refractivity contribution in [3.8, 4) is 11.8 Å². The quantitative estimate of drug-likeness (QED) is 0.838. The van der Waals surface area contributed by atoms with Gasteiger partial charge in [-0.3, -0.25) is 9.78 Å². The van der Waals surface area contributed by atoms with Gasteiger partial charge in [-0.05, 0) is 36.8 Å². The number of aryl methyl sites for hydroxylation is 1. The lowest BCUT2D eigenvalue weighted by Crippen LogP contribution is -2.14. The summed E-state index contributed by atoms with van der Waals surface area (Å²) in [6.07, 6.45) is 3.10. The zero-order valence-corrected chi connectivity index (χ0v) is 12.2. The van der Waals surface area contributed by atoms with Gasteiger partial charge in [-0.2, -0.15) is 0 Å². The van der Waals surface area contributed by atoms with Crippen LogP contribution in [0.1, 0.15) is 21.5 Å². The van der Waals surface area contributed by atoms with Crippen LogP contribution in [0.5, 0.6) is 0 Å². The van der Waals surface area contributed by atoms with E-state index in [9.17, 15) is 4.79 Å². The Morgan fingerprint density at radius 1 is 1.43 bits per heavy atom. The molecule has 0 atom stereocenters. The molecule has 0 aliphatic heterocycles. The van der Waals surface area contributed by atoms with E-state index in [1.165, 1.54) is 0 Å². The van der Waals surface area contributed by atoms with Crippen LogP contribution in [0.3, 0.4) is 0 Å². The molecular formula is C16H14ClN3O. The van der Waals surface area contributed by atoms with Gasteiger partial charge >= 0.3 is 0 Å². The number of aromatic nitrogens is 1. The Bertz CT molecular complexity index is 732. The Kier molecular flexibility index (Phi) is 4.94. The molecular weight excluding hydrogens is 286 g/mol. The van der Waals surface area contributed by atoms with Crippen molar-refractivity contribution in [1.29, 1.82) is 0 Å². The first-order valence-corrected chi connectivity index (χ1v) is 6.70. The van der Waals surface area contributed by atoms with Gasteiger partial charge in [-0.25, -0.2) is 0 Å². The lowest BCUT2D eigenvalue weighted by Gasteiger charge is -2.09. The first kappa shape index (κ1) is 15.0. The van der Waals surface area contributed by atoms with Crippen molar-refractivity contribution in [3.05, 3.63) is 58.4 Å². The minimum Gasteiger partial charge on any atom is -0.322 e. The number of hydrogen-bond donors (Lipinski definition) is 2. The molecule has 0 aliphatic rings. The smallest absolute Gasteiger partial charge is 0.257 e. The summed E-state index contributed by atoms with van der Waals surface area (Å²) in [7, 11) is 0. The average molecular weight is 300 g/mol. The van der Waals surface area contributed by atoms with Crippen LogP contribution in [0.15, 0.2) is 36.7 Å². The zero-order valence-electron chi connectivity index (χ0n) is 11.5. The van der Waals surface area contributed by atoms with E-state index in [1.807, 2.05) is 6.92 Å². The number of nitrogens with one attached hydrogen (secondary N) is 1. The SMILES string of the molecule is Cc1cc(Cl)ccc1NC(=O)c1ccncc1C#CCN. The third-order valence-corrected chi connectivity index (χ3v) is 3.06. The van der Waals surface area contributed by atoms with E-state index >= 15 is 0 Å². The Morgan fingerprint density at radius 2 is 2.24 bits per heavy atom. The molecule has 21 heavy (non-hydrogen) atoms. The predicted octanol–water partition coefficient (Wildman–Crippen LogP) is 2.61. The summed E-state index contributed by atoms with van der Waals surface area (Å²) in [6, 6.07) is 6.91. The topological polar surface area (TPSA) is 68.0 Å². The van der Waals surface area contributed by atoms with Crippen LogP contribution >= 0.6 is 11.6 Å². The summed E-state index contributed by atoms with van der Waals surface area (Å²) >= 11 is 5.90. The molecule has 106 valence electrons. The van der Waals surface area contributed by atoms with Crippen LogP contribution in [0.4, 0.5) is 5.69 Å². The first-order valence-electron chi connectivity index (χ1n) is 6.32. The van der Waals surface area contributed by atoms with E-state index in [1.54, 1.807) is 36.7 Å². The minimum absolute atomic E-state index is 0.228. The Morgan fingerprint density at radius 3 is 2.95 bits per heavy atom. The highest BCUT2D eigenvalue weighted by molar-refractivity contribution is 6.30. The van der Waals surface area contributed by atoms with Crippen molar-refractivity contribution in [2.45, 2.75) is 6.92 Å². The molecule has 0 saturated carbocycles. The van der Waals surface area contributed by atoms with Crippen LogP contribution in [-0.2, 0) is 0 Å². The largest absolute Gasteiger partial charge is 0.322 e. The molecule has 1 aromatic heterocycles. The Balaban J connectivity index is 2.28. The van der Waals surface area contributed by atoms with E-state index in [2.05, 4.69) is 22.1 Å². The minimum atomic E-state index is -0.246. The molecule has 0 aliphatic carbocycles. The van der Waals surface area contributed by atoms with Crippen LogP contribution in [-0.4, -0.2) is 17.4 Å². The number of benzene rings is 1. The lowest BCUT2D eigenvalue weighted by atomic mass is 10.1. The normalized spacial score (nSPS) is 9.67. The number of rotatable bonds is 2. The molecule has 0 saturated heterocycles. The number of carbonyl (C=O) groups excluding carboxylic acids is 1. The number of nitrogens with two attached hydrogens (primary N) is 1. The van der Waals surface area contributed by atoms with Crippen LogP contribution < -0.4 is 11.1 Å². The molecule has 0 fully saturated rings. The van der Waals surface area contributed by atoms with Crippen LogP contribution in [0, 0.1) is 18.8 Å². The van der Waals surface area contributed by atoms with Crippen molar-refractivity contribution < 1.29 is 4.79 Å². The van der Waals surface area contributed by atoms with Crippen molar-refractivity contribution in [3.63, 3.8) is 0 Å². The highest BCUT2D eigenvalue weighted by Crippen LogP contribution is 2.20. The third kappa shape index (κ3) is 3.82. The van der Waals surface area contributed by atoms with Gasteiger partial charge in [0.15, 0.2) is 0 Å². The molecule has 1 amide bonds. The summed E-state index contributed by atoms with van der Waals surface area (Å²) in [4.78, 5) is 16.3. The summed E-state index contributed by atoms with van der Waals surface area (Å²) in [5.74, 6) is 5.32. The van der Waals surface area contributed by atoms with Gasteiger partial charge in [0, 0.05) is 23.1 Å². The van der Waals surface area contributed by atoms with Gasteiger partial charge in [0.05, 0.1) is 17.7 Å². The molecule has 0 unspecified atom stereocenters. The van der Waals surface area contributed by atoms with Gasteiger partial charge < -0.3 is 11.1 Å². The molecule has 2 aromatic rings. The first-order chi connectivity index (χ1) is 10.1. The number of nitrogens with zero attached hydrogens (tertiary/aromatic N) is 1. The average Bonchev–Trinajstić information content (AvgIpc) is 2.48. The number of pyridine rings is 1. The number of amides is 1. The number of hydrogen-bond acceptors (Lipinski definition) is 3. The second-order valence-electron chi connectivity index (χ2n) is 4.34. The predicted molar refractivity (Wildman–Crippen MR) is 84.3 cm³/mol. The molecule has 0 radical (unpaired) electrons. The molecule has 1 aromatic carbocycles.